The number of hydrogen-bond donors (Lipinski definition) is 3. The van der Waals surface area contributed by atoms with Crippen molar-refractivity contribution in [3.8, 4) is 0 Å². The molecule has 0 aromatic heterocycles. The highest BCUT2D eigenvalue weighted by molar-refractivity contribution is 5.65. The van der Waals surface area contributed by atoms with E-state index in [1.165, 1.54) is 12.1 Å². The van der Waals surface area contributed by atoms with Gasteiger partial charge in [-0.3, -0.25) is 10.1 Å². The van der Waals surface area contributed by atoms with Gasteiger partial charge < -0.3 is 16.2 Å². The highest BCUT2D eigenvalue weighted by atomic mass is 16.6. The van der Waals surface area contributed by atoms with Gasteiger partial charge in [0, 0.05) is 18.3 Å². The van der Waals surface area contributed by atoms with Crippen molar-refractivity contribution in [3.63, 3.8) is 0 Å². The van der Waals surface area contributed by atoms with Gasteiger partial charge in [0.15, 0.2) is 0 Å². The molecule has 1 atom stereocenters. The lowest BCUT2D eigenvalue weighted by molar-refractivity contribution is -0.383. The zero-order valence-electron chi connectivity index (χ0n) is 10.7. The predicted octanol–water partition coefficient (Wildman–Crippen LogP) is 2.32. The number of rotatable bonds is 5. The van der Waals surface area contributed by atoms with Crippen molar-refractivity contribution in [2.75, 3.05) is 17.6 Å². The van der Waals surface area contributed by atoms with E-state index in [2.05, 4.69) is 5.32 Å². The van der Waals surface area contributed by atoms with Crippen LogP contribution in [0.2, 0.25) is 0 Å². The van der Waals surface area contributed by atoms with E-state index in [1.807, 2.05) is 30.3 Å². The molecular weight excluding hydrogens is 258 g/mol. The summed E-state index contributed by atoms with van der Waals surface area (Å²) in [4.78, 5) is 10.1. The minimum absolute atomic E-state index is 0.0919. The van der Waals surface area contributed by atoms with E-state index in [9.17, 15) is 15.2 Å². The maximum absolute atomic E-state index is 10.6. The van der Waals surface area contributed by atoms with Crippen LogP contribution in [0.25, 0.3) is 0 Å². The van der Waals surface area contributed by atoms with Gasteiger partial charge in [-0.1, -0.05) is 30.3 Å². The molecule has 2 aromatic rings. The van der Waals surface area contributed by atoms with Crippen molar-refractivity contribution in [2.24, 2.45) is 0 Å². The maximum atomic E-state index is 10.6. The lowest BCUT2D eigenvalue weighted by Crippen LogP contribution is -2.12. The van der Waals surface area contributed by atoms with E-state index in [4.69, 9.17) is 5.73 Å². The van der Waals surface area contributed by atoms with E-state index in [0.29, 0.717) is 12.2 Å². The molecule has 0 aliphatic carbocycles. The predicted molar refractivity (Wildman–Crippen MR) is 77.4 cm³/mol. The normalized spacial score (nSPS) is 11.8. The molecule has 0 fully saturated rings. The number of aliphatic hydroxyl groups excluding tert-OH is 1. The molecule has 0 aliphatic heterocycles. The van der Waals surface area contributed by atoms with Crippen molar-refractivity contribution in [1.82, 2.24) is 0 Å². The number of hydrogen-bond acceptors (Lipinski definition) is 5. The Bertz CT molecular complexity index is 602. The topological polar surface area (TPSA) is 101 Å². The summed E-state index contributed by atoms with van der Waals surface area (Å²) in [5, 5.41) is 23.6. The molecule has 2 rings (SSSR count). The van der Waals surface area contributed by atoms with Crippen LogP contribution >= 0.6 is 0 Å². The quantitative estimate of drug-likeness (QED) is 0.441. The van der Waals surface area contributed by atoms with Crippen LogP contribution in [0, 0.1) is 10.1 Å². The van der Waals surface area contributed by atoms with Crippen LogP contribution in [0.3, 0.4) is 0 Å². The summed E-state index contributed by atoms with van der Waals surface area (Å²) in [5.41, 5.74) is 6.99. The van der Waals surface area contributed by atoms with E-state index >= 15 is 0 Å². The third-order valence-electron chi connectivity index (χ3n) is 2.91. The molecular formula is C14H15N3O3. The summed E-state index contributed by atoms with van der Waals surface area (Å²) in [7, 11) is 0. The van der Waals surface area contributed by atoms with Crippen molar-refractivity contribution in [2.45, 2.75) is 6.10 Å². The second-order valence-corrected chi connectivity index (χ2v) is 4.34. The first kappa shape index (κ1) is 13.8. The zero-order valence-corrected chi connectivity index (χ0v) is 10.7. The molecule has 6 heteroatoms. The summed E-state index contributed by atoms with van der Waals surface area (Å²) >= 11 is 0. The standard InChI is InChI=1S/C14H15N3O3/c15-12-8-11(6-7-13(12)17(19)20)16-9-14(18)10-4-2-1-3-5-10/h1-8,14,16,18H,9,15H2. The van der Waals surface area contributed by atoms with E-state index in [1.54, 1.807) is 6.07 Å². The van der Waals surface area contributed by atoms with Crippen LogP contribution in [-0.4, -0.2) is 16.6 Å². The summed E-state index contributed by atoms with van der Waals surface area (Å²) in [6.07, 6.45) is -0.660. The Labute approximate surface area is 116 Å². The molecule has 0 heterocycles. The first-order valence-electron chi connectivity index (χ1n) is 6.08. The molecule has 2 aromatic carbocycles. The monoisotopic (exact) mass is 273 g/mol. The minimum Gasteiger partial charge on any atom is -0.393 e. The number of nitrogens with zero attached hydrogens (tertiary/aromatic N) is 1. The molecule has 104 valence electrons. The molecule has 0 amide bonds. The van der Waals surface area contributed by atoms with Gasteiger partial charge in [0.05, 0.1) is 11.0 Å². The molecule has 0 bridgehead atoms. The molecule has 6 nitrogen and oxygen atoms in total. The van der Waals surface area contributed by atoms with Crippen molar-refractivity contribution >= 4 is 17.1 Å². The number of aliphatic hydroxyl groups is 1. The molecule has 1 unspecified atom stereocenters. The SMILES string of the molecule is Nc1cc(NCC(O)c2ccccc2)ccc1[N+](=O)[O-]. The van der Waals surface area contributed by atoms with Crippen LogP contribution in [-0.2, 0) is 0 Å². The van der Waals surface area contributed by atoms with Gasteiger partial charge in [-0.2, -0.15) is 0 Å². The number of nitro benzene ring substituents is 1. The Kier molecular flexibility index (Phi) is 4.17. The van der Waals surface area contributed by atoms with Crippen LogP contribution in [0.1, 0.15) is 11.7 Å². The molecule has 0 spiro atoms. The highest BCUT2D eigenvalue weighted by Crippen LogP contribution is 2.25. The Balaban J connectivity index is 2.01. The van der Waals surface area contributed by atoms with Crippen molar-refractivity contribution in [1.29, 1.82) is 0 Å². The van der Waals surface area contributed by atoms with Crippen LogP contribution in [0.15, 0.2) is 48.5 Å². The van der Waals surface area contributed by atoms with E-state index in [0.717, 1.165) is 5.56 Å². The first-order chi connectivity index (χ1) is 9.58. The lowest BCUT2D eigenvalue weighted by atomic mass is 10.1. The Morgan fingerprint density at radius 1 is 1.25 bits per heavy atom. The fourth-order valence-electron chi connectivity index (χ4n) is 1.84. The van der Waals surface area contributed by atoms with Gasteiger partial charge in [-0.15, -0.1) is 0 Å². The number of anilines is 2. The highest BCUT2D eigenvalue weighted by Gasteiger charge is 2.12. The molecule has 0 saturated heterocycles. The van der Waals surface area contributed by atoms with Crippen molar-refractivity contribution < 1.29 is 10.0 Å². The van der Waals surface area contributed by atoms with Gasteiger partial charge >= 0.3 is 0 Å². The number of nitrogens with one attached hydrogen (secondary N) is 1. The lowest BCUT2D eigenvalue weighted by Gasteiger charge is -2.13. The van der Waals surface area contributed by atoms with Gasteiger partial charge in [-0.05, 0) is 17.7 Å². The minimum atomic E-state index is -0.660. The molecule has 4 N–H and O–H groups in total. The smallest absolute Gasteiger partial charge is 0.292 e. The average molecular weight is 273 g/mol. The fraction of sp³-hybridized carbons (Fsp3) is 0.143. The van der Waals surface area contributed by atoms with E-state index < -0.39 is 11.0 Å². The third kappa shape index (κ3) is 3.24. The first-order valence-corrected chi connectivity index (χ1v) is 6.08. The number of benzene rings is 2. The molecule has 0 aliphatic rings. The second-order valence-electron chi connectivity index (χ2n) is 4.34. The van der Waals surface area contributed by atoms with Gasteiger partial charge in [0.2, 0.25) is 0 Å². The van der Waals surface area contributed by atoms with E-state index in [-0.39, 0.29) is 11.4 Å². The molecule has 20 heavy (non-hydrogen) atoms. The summed E-state index contributed by atoms with van der Waals surface area (Å²) in [6, 6.07) is 13.6. The van der Waals surface area contributed by atoms with Gasteiger partial charge in [-0.25, -0.2) is 0 Å². The average Bonchev–Trinajstić information content (AvgIpc) is 2.45. The Hall–Kier alpha value is -2.60. The maximum Gasteiger partial charge on any atom is 0.292 e. The number of nitro groups is 1. The Morgan fingerprint density at radius 2 is 1.95 bits per heavy atom. The number of nitrogen functional groups attached to an aromatic ring is 1. The summed E-state index contributed by atoms with van der Waals surface area (Å²) < 4.78 is 0. The van der Waals surface area contributed by atoms with Crippen LogP contribution < -0.4 is 11.1 Å². The second kappa shape index (κ2) is 6.03. The number of nitrogens with two attached hydrogens (primary N) is 1. The Morgan fingerprint density at radius 3 is 2.55 bits per heavy atom. The molecule has 0 saturated carbocycles. The van der Waals surface area contributed by atoms with Gasteiger partial charge in [0.25, 0.3) is 5.69 Å². The largest absolute Gasteiger partial charge is 0.393 e. The van der Waals surface area contributed by atoms with Crippen LogP contribution in [0.5, 0.6) is 0 Å². The van der Waals surface area contributed by atoms with Crippen molar-refractivity contribution in [3.05, 3.63) is 64.2 Å². The van der Waals surface area contributed by atoms with Gasteiger partial charge in [0.1, 0.15) is 5.69 Å². The third-order valence-corrected chi connectivity index (χ3v) is 2.91. The van der Waals surface area contributed by atoms with Crippen LogP contribution in [0.4, 0.5) is 17.1 Å². The summed E-state index contributed by atoms with van der Waals surface area (Å²) in [5.74, 6) is 0. The zero-order chi connectivity index (χ0) is 14.5. The molecule has 0 radical (unpaired) electrons. The summed E-state index contributed by atoms with van der Waals surface area (Å²) in [6.45, 7) is 0.293. The fourth-order valence-corrected chi connectivity index (χ4v) is 1.84.